The second-order valence-electron chi connectivity index (χ2n) is 5.90. The predicted molar refractivity (Wildman–Crippen MR) is 94.4 cm³/mol. The Morgan fingerprint density at radius 1 is 1.00 bits per heavy atom. The van der Waals surface area contributed by atoms with E-state index in [1.54, 1.807) is 0 Å². The van der Waals surface area contributed by atoms with E-state index in [1.165, 1.54) is 0 Å². The minimum absolute atomic E-state index is 0.0383. The summed E-state index contributed by atoms with van der Waals surface area (Å²) in [6, 6.07) is 17.6. The Kier molecular flexibility index (Phi) is 6.18. The predicted octanol–water partition coefficient (Wildman–Crippen LogP) is 3.88. The zero-order valence-electron chi connectivity index (χ0n) is 13.6. The fourth-order valence-corrected chi connectivity index (χ4v) is 2.42. The van der Waals surface area contributed by atoms with Crippen molar-refractivity contribution >= 4 is 11.7 Å². The number of rotatable bonds is 6. The monoisotopic (exact) mass is 312 g/mol. The van der Waals surface area contributed by atoms with E-state index in [0.29, 0.717) is 6.42 Å². The van der Waals surface area contributed by atoms with Crippen LogP contribution in [0.5, 0.6) is 0 Å². The van der Waals surface area contributed by atoms with Gasteiger partial charge in [-0.3, -0.25) is 0 Å². The largest absolute Gasteiger partial charge is 0.396 e. The molecule has 0 radical (unpaired) electrons. The number of aliphatic hydroxyl groups excluding tert-OH is 1. The number of hydrogen-bond acceptors (Lipinski definition) is 2. The first-order valence-electron chi connectivity index (χ1n) is 7.94. The van der Waals surface area contributed by atoms with Crippen LogP contribution in [-0.4, -0.2) is 23.8 Å². The molecule has 4 nitrogen and oxygen atoms in total. The van der Waals surface area contributed by atoms with Gasteiger partial charge in [0.2, 0.25) is 0 Å². The molecule has 0 heterocycles. The van der Waals surface area contributed by atoms with Crippen molar-refractivity contribution in [2.45, 2.75) is 26.3 Å². The molecule has 1 atom stereocenters. The van der Waals surface area contributed by atoms with E-state index >= 15 is 0 Å². The Hall–Kier alpha value is -2.33. The summed E-state index contributed by atoms with van der Waals surface area (Å²) in [4.78, 5) is 12.1. The van der Waals surface area contributed by atoms with Crippen LogP contribution in [0.3, 0.4) is 0 Å². The minimum atomic E-state index is -0.246. The van der Waals surface area contributed by atoms with Gasteiger partial charge in [-0.2, -0.15) is 0 Å². The van der Waals surface area contributed by atoms with Gasteiger partial charge >= 0.3 is 6.03 Å². The molecule has 2 rings (SSSR count). The lowest BCUT2D eigenvalue weighted by atomic mass is 10.0. The maximum Gasteiger partial charge on any atom is 0.319 e. The first kappa shape index (κ1) is 17.0. The number of hydrogen-bond donors (Lipinski definition) is 3. The fraction of sp³-hybridized carbons (Fsp3) is 0.316. The fourth-order valence-electron chi connectivity index (χ4n) is 2.42. The number of benzene rings is 2. The van der Waals surface area contributed by atoms with Crippen LogP contribution in [0.25, 0.3) is 11.1 Å². The summed E-state index contributed by atoms with van der Waals surface area (Å²) >= 11 is 0. The van der Waals surface area contributed by atoms with Gasteiger partial charge in [0.05, 0.1) is 0 Å². The van der Waals surface area contributed by atoms with Gasteiger partial charge in [-0.15, -0.1) is 0 Å². The average molecular weight is 312 g/mol. The molecule has 2 amide bonds. The number of carbonyl (C=O) groups excluding carboxylic acids is 1. The topological polar surface area (TPSA) is 61.4 Å². The van der Waals surface area contributed by atoms with Crippen LogP contribution in [0.4, 0.5) is 10.5 Å². The molecule has 23 heavy (non-hydrogen) atoms. The van der Waals surface area contributed by atoms with E-state index in [1.807, 2.05) is 56.3 Å². The highest BCUT2D eigenvalue weighted by atomic mass is 16.3. The molecule has 0 aliphatic carbocycles. The number of amides is 2. The number of nitrogens with one attached hydrogen (secondary N) is 2. The summed E-state index contributed by atoms with van der Waals surface area (Å²) in [5, 5.41) is 14.8. The van der Waals surface area contributed by atoms with Crippen LogP contribution < -0.4 is 10.6 Å². The van der Waals surface area contributed by atoms with Crippen molar-refractivity contribution in [1.82, 2.24) is 5.32 Å². The third-order valence-electron chi connectivity index (χ3n) is 3.81. The summed E-state index contributed by atoms with van der Waals surface area (Å²) in [5.74, 6) is 0.272. The lowest BCUT2D eigenvalue weighted by Gasteiger charge is -2.21. The van der Waals surface area contributed by atoms with Crippen molar-refractivity contribution in [1.29, 1.82) is 0 Å². The number of anilines is 1. The van der Waals surface area contributed by atoms with E-state index in [4.69, 9.17) is 5.11 Å². The van der Waals surface area contributed by atoms with Crippen molar-refractivity contribution in [2.24, 2.45) is 5.92 Å². The van der Waals surface area contributed by atoms with Crippen molar-refractivity contribution in [2.75, 3.05) is 11.9 Å². The van der Waals surface area contributed by atoms with Crippen molar-refractivity contribution in [3.63, 3.8) is 0 Å². The van der Waals surface area contributed by atoms with Gasteiger partial charge in [0.15, 0.2) is 0 Å². The third kappa shape index (κ3) is 5.11. The minimum Gasteiger partial charge on any atom is -0.396 e. The van der Waals surface area contributed by atoms with E-state index in [-0.39, 0.29) is 24.6 Å². The number of aliphatic hydroxyl groups is 1. The lowest BCUT2D eigenvalue weighted by Crippen LogP contribution is -2.41. The molecule has 2 aromatic carbocycles. The second-order valence-corrected chi connectivity index (χ2v) is 5.90. The van der Waals surface area contributed by atoms with E-state index in [9.17, 15) is 4.79 Å². The maximum atomic E-state index is 12.1. The number of urea groups is 1. The Morgan fingerprint density at radius 3 is 2.17 bits per heavy atom. The Labute approximate surface area is 137 Å². The summed E-state index contributed by atoms with van der Waals surface area (Å²) in [6.45, 7) is 4.11. The molecule has 0 aromatic heterocycles. The zero-order valence-corrected chi connectivity index (χ0v) is 13.6. The summed E-state index contributed by atoms with van der Waals surface area (Å²) in [5.41, 5.74) is 3.00. The molecule has 0 fully saturated rings. The highest BCUT2D eigenvalue weighted by Crippen LogP contribution is 2.21. The van der Waals surface area contributed by atoms with Crippen LogP contribution in [0.2, 0.25) is 0 Å². The summed E-state index contributed by atoms with van der Waals surface area (Å²) in [6.07, 6.45) is 0.554. The molecule has 0 saturated heterocycles. The second kappa shape index (κ2) is 8.34. The van der Waals surface area contributed by atoms with Gasteiger partial charge in [-0.05, 0) is 35.6 Å². The van der Waals surface area contributed by atoms with Crippen LogP contribution in [0.1, 0.15) is 20.3 Å². The first-order valence-corrected chi connectivity index (χ1v) is 7.94. The first-order chi connectivity index (χ1) is 11.1. The standard InChI is InChI=1S/C19H24N2O2/c1-14(2)18(12-13-22)21-19(23)20-17-10-8-16(9-11-17)15-6-4-3-5-7-15/h3-11,14,18,22H,12-13H2,1-2H3,(H2,20,21,23)/t18-/m0/s1. The van der Waals surface area contributed by atoms with Crippen molar-refractivity contribution in [3.8, 4) is 11.1 Å². The van der Waals surface area contributed by atoms with Gasteiger partial charge in [-0.1, -0.05) is 56.3 Å². The molecular formula is C19H24N2O2. The van der Waals surface area contributed by atoms with Crippen molar-refractivity contribution < 1.29 is 9.90 Å². The van der Waals surface area contributed by atoms with Gasteiger partial charge in [0.1, 0.15) is 0 Å². The highest BCUT2D eigenvalue weighted by molar-refractivity contribution is 5.89. The molecule has 122 valence electrons. The molecule has 0 unspecified atom stereocenters. The van der Waals surface area contributed by atoms with Gasteiger partial charge in [-0.25, -0.2) is 4.79 Å². The number of carbonyl (C=O) groups is 1. The Bertz CT molecular complexity index is 609. The van der Waals surface area contributed by atoms with E-state index < -0.39 is 0 Å². The summed E-state index contributed by atoms with van der Waals surface area (Å²) in [7, 11) is 0. The summed E-state index contributed by atoms with van der Waals surface area (Å²) < 4.78 is 0. The van der Waals surface area contributed by atoms with Crippen LogP contribution in [0.15, 0.2) is 54.6 Å². The normalized spacial score (nSPS) is 12.0. The molecule has 0 saturated carbocycles. The molecule has 4 heteroatoms. The van der Waals surface area contributed by atoms with Gasteiger partial charge in [0.25, 0.3) is 0 Å². The van der Waals surface area contributed by atoms with Crippen LogP contribution >= 0.6 is 0 Å². The molecule has 0 aliphatic heterocycles. The van der Waals surface area contributed by atoms with E-state index in [0.717, 1.165) is 16.8 Å². The molecule has 0 aliphatic rings. The highest BCUT2D eigenvalue weighted by Gasteiger charge is 2.15. The van der Waals surface area contributed by atoms with Crippen molar-refractivity contribution in [3.05, 3.63) is 54.6 Å². The average Bonchev–Trinajstić information content (AvgIpc) is 2.56. The molecule has 2 aromatic rings. The zero-order chi connectivity index (χ0) is 16.7. The molecule has 0 bridgehead atoms. The SMILES string of the molecule is CC(C)[C@H](CCO)NC(=O)Nc1ccc(-c2ccccc2)cc1. The van der Waals surface area contributed by atoms with Crippen LogP contribution in [-0.2, 0) is 0 Å². The third-order valence-corrected chi connectivity index (χ3v) is 3.81. The molecular weight excluding hydrogens is 288 g/mol. The smallest absolute Gasteiger partial charge is 0.319 e. The maximum absolute atomic E-state index is 12.1. The van der Waals surface area contributed by atoms with Gasteiger partial charge in [0, 0.05) is 18.3 Å². The molecule has 3 N–H and O–H groups in total. The Morgan fingerprint density at radius 2 is 1.61 bits per heavy atom. The lowest BCUT2D eigenvalue weighted by molar-refractivity contribution is 0.227. The quantitative estimate of drug-likeness (QED) is 0.758. The molecule has 0 spiro atoms. The van der Waals surface area contributed by atoms with E-state index in [2.05, 4.69) is 22.8 Å². The Balaban J connectivity index is 1.96. The van der Waals surface area contributed by atoms with Gasteiger partial charge < -0.3 is 15.7 Å². The van der Waals surface area contributed by atoms with Crippen LogP contribution in [0, 0.1) is 5.92 Å².